The van der Waals surface area contributed by atoms with Crippen LogP contribution in [0.5, 0.6) is 0 Å². The lowest BCUT2D eigenvalue weighted by Crippen LogP contribution is -2.68. The van der Waals surface area contributed by atoms with Crippen LogP contribution in [-0.2, 0) is 6.42 Å². The summed E-state index contributed by atoms with van der Waals surface area (Å²) in [6.45, 7) is 0.212. The minimum absolute atomic E-state index is 0.212. The predicted octanol–water partition coefficient (Wildman–Crippen LogP) is 1.38. The van der Waals surface area contributed by atoms with Crippen molar-refractivity contribution in [2.75, 3.05) is 13.6 Å². The van der Waals surface area contributed by atoms with Gasteiger partial charge >= 0.3 is 0 Å². The number of benzene rings is 1. The average Bonchev–Trinajstić information content (AvgIpc) is 3.03. The van der Waals surface area contributed by atoms with Crippen LogP contribution in [0.25, 0.3) is 0 Å². The Labute approximate surface area is 170 Å². The molecule has 1 aromatic heterocycles. The maximum Gasteiger partial charge on any atom is 0.261 e. The van der Waals surface area contributed by atoms with Crippen LogP contribution in [0.1, 0.15) is 20.8 Å². The Morgan fingerprint density at radius 3 is 2.78 bits per heavy atom. The molecule has 1 heterocycles. The number of rotatable bonds is 7. The molecule has 5 nitrogen and oxygen atoms in total. The van der Waals surface area contributed by atoms with Crippen molar-refractivity contribution in [2.45, 2.75) is 12.5 Å². The number of amides is 1. The molecule has 0 radical (unpaired) electrons. The van der Waals surface area contributed by atoms with Crippen LogP contribution in [0, 0.1) is 5.82 Å². The van der Waals surface area contributed by atoms with E-state index in [0.717, 1.165) is 16.9 Å². The summed E-state index contributed by atoms with van der Waals surface area (Å²) in [5, 5.41) is 3.14. The summed E-state index contributed by atoms with van der Waals surface area (Å²) < 4.78 is 13.7. The van der Waals surface area contributed by atoms with E-state index in [4.69, 9.17) is 34.7 Å². The quantitative estimate of drug-likeness (QED) is 0.500. The predicted molar refractivity (Wildman–Crippen MR) is 109 cm³/mol. The Kier molecular flexibility index (Phi) is 7.79. The van der Waals surface area contributed by atoms with E-state index in [2.05, 4.69) is 10.3 Å². The highest BCUT2D eigenvalue weighted by atomic mass is 35.5. The molecule has 0 aliphatic carbocycles. The Morgan fingerprint density at radius 2 is 2.19 bits per heavy atom. The average molecular weight is 430 g/mol. The van der Waals surface area contributed by atoms with E-state index < -0.39 is 0 Å². The zero-order chi connectivity index (χ0) is 20.0. The van der Waals surface area contributed by atoms with E-state index >= 15 is 0 Å². The summed E-state index contributed by atoms with van der Waals surface area (Å²) in [5.41, 5.74) is 13.1. The zero-order valence-electron chi connectivity index (χ0n) is 14.6. The molecule has 27 heavy (non-hydrogen) atoms. The molecule has 1 amide bonds. The second kappa shape index (κ2) is 9.85. The number of allylic oxidation sites excluding steroid dienone is 1. The Hall–Kier alpha value is -1.93. The molecule has 0 fully saturated rings. The molecule has 1 unspecified atom stereocenters. The summed E-state index contributed by atoms with van der Waals surface area (Å²) in [6, 6.07) is 7.48. The summed E-state index contributed by atoms with van der Waals surface area (Å²) in [7, 11) is 1.68. The normalized spacial score (nSPS) is 13.5. The van der Waals surface area contributed by atoms with Crippen LogP contribution >= 0.6 is 34.5 Å². The van der Waals surface area contributed by atoms with Crippen LogP contribution in [0.3, 0.4) is 0 Å². The van der Waals surface area contributed by atoms with Gasteiger partial charge in [0.15, 0.2) is 0 Å². The lowest BCUT2D eigenvalue weighted by Gasteiger charge is -2.16. The summed E-state index contributed by atoms with van der Waals surface area (Å²) in [6.07, 6.45) is 1.66. The van der Waals surface area contributed by atoms with Crippen LogP contribution in [0.2, 0.25) is 4.34 Å². The molecule has 0 bridgehead atoms. The lowest BCUT2D eigenvalue weighted by atomic mass is 10.1. The highest BCUT2D eigenvalue weighted by Crippen LogP contribution is 2.29. The van der Waals surface area contributed by atoms with Crippen molar-refractivity contribution in [3.63, 3.8) is 0 Å². The fraction of sp³-hybridized carbons (Fsp3) is 0.222. The lowest BCUT2D eigenvalue weighted by molar-refractivity contribution is -0.418. The molecule has 9 heteroatoms. The number of nitrogens with two attached hydrogens (primary N) is 2. The molecule has 6 N–H and O–H groups in total. The van der Waals surface area contributed by atoms with Crippen molar-refractivity contribution < 1.29 is 14.2 Å². The number of hydrogen-bond donors (Lipinski definition) is 4. The highest BCUT2D eigenvalue weighted by molar-refractivity contribution is 7.18. The summed E-state index contributed by atoms with van der Waals surface area (Å²) in [4.78, 5) is 15.9. The van der Waals surface area contributed by atoms with Crippen LogP contribution in [0.15, 0.2) is 41.6 Å². The molecule has 2 rings (SSSR count). The van der Waals surface area contributed by atoms with E-state index in [1.54, 1.807) is 25.2 Å². The maximum atomic E-state index is 13.3. The van der Waals surface area contributed by atoms with E-state index in [-0.39, 0.29) is 29.3 Å². The number of thiophene rings is 1. The SMILES string of the molecule is C[NH+]=C(C(Cl)=CN)c1cc(C(=O)NC(CN)Cc2cccc(F)c2)sc1Cl. The van der Waals surface area contributed by atoms with Gasteiger partial charge < -0.3 is 16.8 Å². The minimum atomic E-state index is -0.344. The van der Waals surface area contributed by atoms with Gasteiger partial charge in [-0.1, -0.05) is 35.3 Å². The first-order chi connectivity index (χ1) is 12.9. The number of nitrogens with one attached hydrogen (secondary N) is 2. The van der Waals surface area contributed by atoms with Gasteiger partial charge in [0, 0.05) is 18.8 Å². The van der Waals surface area contributed by atoms with Gasteiger partial charge in [-0.25, -0.2) is 9.38 Å². The smallest absolute Gasteiger partial charge is 0.261 e. The number of halogens is 3. The number of carbonyl (C=O) groups excluding carboxylic acids is 1. The number of carbonyl (C=O) groups is 1. The highest BCUT2D eigenvalue weighted by Gasteiger charge is 2.23. The Bertz CT molecular complexity index is 882. The molecular formula is C18H20Cl2FN4OS+. The van der Waals surface area contributed by atoms with Gasteiger partial charge in [-0.15, -0.1) is 11.3 Å². The molecule has 0 saturated carbocycles. The molecule has 0 aliphatic rings. The second-order valence-electron chi connectivity index (χ2n) is 5.68. The van der Waals surface area contributed by atoms with E-state index in [1.165, 1.54) is 18.3 Å². The van der Waals surface area contributed by atoms with Gasteiger partial charge in [-0.05, 0) is 30.2 Å². The molecule has 1 aromatic carbocycles. The van der Waals surface area contributed by atoms with Gasteiger partial charge in [-0.2, -0.15) is 0 Å². The van der Waals surface area contributed by atoms with Crippen molar-refractivity contribution in [1.82, 2.24) is 5.32 Å². The molecule has 144 valence electrons. The van der Waals surface area contributed by atoms with E-state index in [0.29, 0.717) is 26.9 Å². The third-order valence-corrected chi connectivity index (χ3v) is 5.48. The molecular weight excluding hydrogens is 410 g/mol. The maximum absolute atomic E-state index is 13.3. The van der Waals surface area contributed by atoms with Crippen molar-refractivity contribution in [3.8, 4) is 0 Å². The topological polar surface area (TPSA) is 95.1 Å². The van der Waals surface area contributed by atoms with Crippen molar-refractivity contribution in [3.05, 3.63) is 67.7 Å². The van der Waals surface area contributed by atoms with Crippen molar-refractivity contribution in [2.24, 2.45) is 11.5 Å². The first-order valence-electron chi connectivity index (χ1n) is 8.07. The standard InChI is InChI=1S/C18H19Cl2FN4OS/c1-24-16(14(19)9-23)13-7-15(27-17(13)20)18(26)25-12(8-22)6-10-3-2-4-11(21)5-10/h2-5,7,9,12H,6,8,22-23H2,1H3,(H,25,26)/p+1. The van der Waals surface area contributed by atoms with E-state index in [1.807, 2.05) is 0 Å². The minimum Gasteiger partial charge on any atom is -0.403 e. The Balaban J connectivity index is 2.16. The first-order valence-corrected chi connectivity index (χ1v) is 9.64. The van der Waals surface area contributed by atoms with E-state index in [9.17, 15) is 9.18 Å². The Morgan fingerprint density at radius 1 is 1.44 bits per heavy atom. The summed E-state index contributed by atoms with van der Waals surface area (Å²) in [5.74, 6) is -0.646. The van der Waals surface area contributed by atoms with Crippen molar-refractivity contribution in [1.29, 1.82) is 0 Å². The largest absolute Gasteiger partial charge is 0.403 e. The first kappa shape index (κ1) is 21.4. The fourth-order valence-electron chi connectivity index (χ4n) is 2.52. The summed E-state index contributed by atoms with van der Waals surface area (Å²) >= 11 is 13.5. The fourth-order valence-corrected chi connectivity index (χ4v) is 3.90. The molecule has 1 atom stereocenters. The number of hydrogen-bond acceptors (Lipinski definition) is 4. The molecule has 0 aliphatic heterocycles. The molecule has 0 spiro atoms. The molecule has 0 saturated heterocycles. The third-order valence-electron chi connectivity index (χ3n) is 3.81. The van der Waals surface area contributed by atoms with Crippen LogP contribution < -0.4 is 21.8 Å². The second-order valence-corrected chi connectivity index (χ2v) is 7.74. The van der Waals surface area contributed by atoms with Crippen LogP contribution in [-0.4, -0.2) is 31.3 Å². The monoisotopic (exact) mass is 429 g/mol. The van der Waals surface area contributed by atoms with Gasteiger partial charge in [0.1, 0.15) is 22.2 Å². The van der Waals surface area contributed by atoms with Gasteiger partial charge in [-0.3, -0.25) is 4.79 Å². The van der Waals surface area contributed by atoms with Gasteiger partial charge in [0.2, 0.25) is 5.71 Å². The van der Waals surface area contributed by atoms with Crippen molar-refractivity contribution >= 4 is 46.2 Å². The van der Waals surface area contributed by atoms with Crippen LogP contribution in [0.4, 0.5) is 4.39 Å². The third kappa shape index (κ3) is 5.52. The van der Waals surface area contributed by atoms with Gasteiger partial charge in [0.05, 0.1) is 10.4 Å². The molecule has 2 aromatic rings. The zero-order valence-corrected chi connectivity index (χ0v) is 16.9. The van der Waals surface area contributed by atoms with Gasteiger partial charge in [0.25, 0.3) is 5.91 Å².